The highest BCUT2D eigenvalue weighted by molar-refractivity contribution is 7.10. The third-order valence-electron chi connectivity index (χ3n) is 1.60. The van der Waals surface area contributed by atoms with E-state index in [1.807, 2.05) is 17.5 Å². The lowest BCUT2D eigenvalue weighted by Gasteiger charge is -2.20. The maximum Gasteiger partial charge on any atom is 0.305 e. The van der Waals surface area contributed by atoms with Crippen LogP contribution in [-0.4, -0.2) is 11.1 Å². The van der Waals surface area contributed by atoms with Gasteiger partial charge in [0.25, 0.3) is 0 Å². The molecule has 0 saturated carbocycles. The number of hydrogen-bond donors (Lipinski definition) is 2. The van der Waals surface area contributed by atoms with Crippen LogP contribution in [0.1, 0.15) is 18.2 Å². The summed E-state index contributed by atoms with van der Waals surface area (Å²) in [6.07, 6.45) is -0.0342. The first-order valence-corrected chi connectivity index (χ1v) is 4.45. The van der Waals surface area contributed by atoms with Crippen LogP contribution in [0.3, 0.4) is 0 Å². The van der Waals surface area contributed by atoms with Gasteiger partial charge in [0.1, 0.15) is 0 Å². The predicted octanol–water partition coefficient (Wildman–Crippen LogP) is 1.40. The van der Waals surface area contributed by atoms with Crippen LogP contribution in [0.5, 0.6) is 0 Å². The van der Waals surface area contributed by atoms with Crippen molar-refractivity contribution in [1.29, 1.82) is 0 Å². The van der Waals surface area contributed by atoms with Crippen LogP contribution in [0.4, 0.5) is 0 Å². The van der Waals surface area contributed by atoms with Crippen molar-refractivity contribution < 1.29 is 9.90 Å². The minimum absolute atomic E-state index is 0.0342. The highest BCUT2D eigenvalue weighted by Crippen LogP contribution is 2.25. The molecule has 0 spiro atoms. The van der Waals surface area contributed by atoms with Gasteiger partial charge in [0.15, 0.2) is 0 Å². The lowest BCUT2D eigenvalue weighted by atomic mass is 9.97. The van der Waals surface area contributed by atoms with E-state index in [1.54, 1.807) is 6.92 Å². The molecule has 0 amide bonds. The molecule has 3 nitrogen and oxygen atoms in total. The molecule has 0 bridgehead atoms. The topological polar surface area (TPSA) is 63.3 Å². The van der Waals surface area contributed by atoms with Crippen molar-refractivity contribution in [3.8, 4) is 0 Å². The summed E-state index contributed by atoms with van der Waals surface area (Å²) >= 11 is 1.48. The van der Waals surface area contributed by atoms with E-state index in [0.29, 0.717) is 0 Å². The number of aliphatic carboxylic acids is 1. The van der Waals surface area contributed by atoms with Gasteiger partial charge in [0, 0.05) is 4.88 Å². The summed E-state index contributed by atoms with van der Waals surface area (Å²) < 4.78 is 0. The molecule has 1 heterocycles. The van der Waals surface area contributed by atoms with E-state index < -0.39 is 11.5 Å². The summed E-state index contributed by atoms with van der Waals surface area (Å²) in [5.41, 5.74) is 5.08. The van der Waals surface area contributed by atoms with Crippen LogP contribution in [0.15, 0.2) is 17.5 Å². The third kappa shape index (κ3) is 2.06. The lowest BCUT2D eigenvalue weighted by Crippen LogP contribution is -2.34. The molecule has 0 aromatic carbocycles. The number of nitrogens with two attached hydrogens (primary N) is 1. The van der Waals surface area contributed by atoms with Crippen LogP contribution in [0.2, 0.25) is 0 Å². The van der Waals surface area contributed by atoms with Crippen molar-refractivity contribution in [2.24, 2.45) is 5.73 Å². The number of hydrogen-bond acceptors (Lipinski definition) is 3. The van der Waals surface area contributed by atoms with E-state index in [9.17, 15) is 4.79 Å². The Balaban J connectivity index is 2.79. The number of carbonyl (C=O) groups is 1. The molecule has 1 atom stereocenters. The average Bonchev–Trinajstić information content (AvgIpc) is 2.32. The summed E-state index contributed by atoms with van der Waals surface area (Å²) in [4.78, 5) is 11.3. The zero-order chi connectivity index (χ0) is 9.19. The first-order valence-electron chi connectivity index (χ1n) is 3.57. The van der Waals surface area contributed by atoms with Gasteiger partial charge in [-0.05, 0) is 18.4 Å². The second-order valence-corrected chi connectivity index (χ2v) is 3.91. The van der Waals surface area contributed by atoms with Gasteiger partial charge >= 0.3 is 5.97 Å². The molecule has 66 valence electrons. The standard InChI is InChI=1S/C8H11NO2S/c1-8(9,5-7(10)11)6-3-2-4-12-6/h2-4H,5,9H2,1H3,(H,10,11)/t8-/m0/s1. The molecule has 3 N–H and O–H groups in total. The maximum atomic E-state index is 10.4. The van der Waals surface area contributed by atoms with E-state index in [0.717, 1.165) is 4.88 Å². The maximum absolute atomic E-state index is 10.4. The molecule has 0 saturated heterocycles. The van der Waals surface area contributed by atoms with Gasteiger partial charge in [-0.2, -0.15) is 0 Å². The highest BCUT2D eigenvalue weighted by Gasteiger charge is 2.25. The Morgan fingerprint density at radius 1 is 1.83 bits per heavy atom. The lowest BCUT2D eigenvalue weighted by molar-refractivity contribution is -0.138. The zero-order valence-corrected chi connectivity index (χ0v) is 7.60. The Kier molecular flexibility index (Phi) is 2.49. The first-order chi connectivity index (χ1) is 5.52. The Morgan fingerprint density at radius 3 is 2.92 bits per heavy atom. The quantitative estimate of drug-likeness (QED) is 0.748. The van der Waals surface area contributed by atoms with Crippen LogP contribution < -0.4 is 5.73 Å². The minimum atomic E-state index is -0.867. The summed E-state index contributed by atoms with van der Waals surface area (Å²) in [6.45, 7) is 1.73. The van der Waals surface area contributed by atoms with Crippen LogP contribution in [0.25, 0.3) is 0 Å². The van der Waals surface area contributed by atoms with Gasteiger partial charge in [-0.25, -0.2) is 0 Å². The number of rotatable bonds is 3. The second kappa shape index (κ2) is 3.25. The molecule has 0 radical (unpaired) electrons. The van der Waals surface area contributed by atoms with Crippen molar-refractivity contribution in [2.45, 2.75) is 18.9 Å². The molecule has 12 heavy (non-hydrogen) atoms. The summed E-state index contributed by atoms with van der Waals surface area (Å²) in [5, 5.41) is 10.5. The van der Waals surface area contributed by atoms with Crippen LogP contribution in [-0.2, 0) is 10.3 Å². The Bertz CT molecular complexity index is 267. The minimum Gasteiger partial charge on any atom is -0.481 e. The third-order valence-corrected chi connectivity index (χ3v) is 2.75. The molecule has 0 unspecified atom stereocenters. The van der Waals surface area contributed by atoms with Gasteiger partial charge < -0.3 is 10.8 Å². The molecule has 0 fully saturated rings. The Morgan fingerprint density at radius 2 is 2.50 bits per heavy atom. The van der Waals surface area contributed by atoms with Gasteiger partial charge in [-0.3, -0.25) is 4.79 Å². The molecule has 0 aliphatic heterocycles. The molecule has 1 rings (SSSR count). The van der Waals surface area contributed by atoms with E-state index in [4.69, 9.17) is 10.8 Å². The smallest absolute Gasteiger partial charge is 0.305 e. The molecule has 0 aliphatic rings. The normalized spacial score (nSPS) is 15.5. The first kappa shape index (κ1) is 9.22. The van der Waals surface area contributed by atoms with Gasteiger partial charge in [-0.15, -0.1) is 11.3 Å². The summed E-state index contributed by atoms with van der Waals surface area (Å²) in [7, 11) is 0. The molecular weight excluding hydrogens is 174 g/mol. The van der Waals surface area contributed by atoms with E-state index in [-0.39, 0.29) is 6.42 Å². The fraction of sp³-hybridized carbons (Fsp3) is 0.375. The molecule has 1 aromatic rings. The SMILES string of the molecule is C[C@](N)(CC(=O)O)c1cccs1. The second-order valence-electron chi connectivity index (χ2n) is 2.97. The van der Waals surface area contributed by atoms with E-state index in [1.165, 1.54) is 11.3 Å². The molecular formula is C8H11NO2S. The summed E-state index contributed by atoms with van der Waals surface area (Å²) in [6, 6.07) is 3.72. The van der Waals surface area contributed by atoms with Crippen molar-refractivity contribution in [1.82, 2.24) is 0 Å². The fourth-order valence-corrected chi connectivity index (χ4v) is 1.81. The number of carboxylic acids is 1. The largest absolute Gasteiger partial charge is 0.481 e. The number of thiophene rings is 1. The summed E-state index contributed by atoms with van der Waals surface area (Å²) in [5.74, 6) is -0.867. The predicted molar refractivity (Wildman–Crippen MR) is 48.1 cm³/mol. The van der Waals surface area contributed by atoms with Crippen molar-refractivity contribution >= 4 is 17.3 Å². The average molecular weight is 185 g/mol. The van der Waals surface area contributed by atoms with Gasteiger partial charge in [0.2, 0.25) is 0 Å². The zero-order valence-electron chi connectivity index (χ0n) is 6.78. The molecule has 4 heteroatoms. The number of carboxylic acid groups (broad SMARTS) is 1. The van der Waals surface area contributed by atoms with Crippen molar-refractivity contribution in [3.05, 3.63) is 22.4 Å². The Hall–Kier alpha value is -0.870. The van der Waals surface area contributed by atoms with E-state index >= 15 is 0 Å². The monoisotopic (exact) mass is 185 g/mol. The fourth-order valence-electron chi connectivity index (χ4n) is 1.00. The van der Waals surface area contributed by atoms with Crippen molar-refractivity contribution in [2.75, 3.05) is 0 Å². The Labute approximate surface area is 74.8 Å². The van der Waals surface area contributed by atoms with Gasteiger partial charge in [-0.1, -0.05) is 6.07 Å². The van der Waals surface area contributed by atoms with Crippen molar-refractivity contribution in [3.63, 3.8) is 0 Å². The van der Waals surface area contributed by atoms with Crippen LogP contribution >= 0.6 is 11.3 Å². The van der Waals surface area contributed by atoms with E-state index in [2.05, 4.69) is 0 Å². The van der Waals surface area contributed by atoms with Crippen LogP contribution in [0, 0.1) is 0 Å². The molecule has 1 aromatic heterocycles. The van der Waals surface area contributed by atoms with Gasteiger partial charge in [0.05, 0.1) is 12.0 Å². The highest BCUT2D eigenvalue weighted by atomic mass is 32.1. The molecule has 0 aliphatic carbocycles.